The van der Waals surface area contributed by atoms with Crippen molar-refractivity contribution in [3.05, 3.63) is 46.2 Å². The molecule has 1 fully saturated rings. The molecule has 0 spiro atoms. The molecule has 2 aromatic rings. The third kappa shape index (κ3) is 4.76. The van der Waals surface area contributed by atoms with Gasteiger partial charge in [-0.15, -0.1) is 0 Å². The zero-order valence-corrected chi connectivity index (χ0v) is 15.6. The van der Waals surface area contributed by atoms with Gasteiger partial charge >= 0.3 is 0 Å². The molecule has 7 heteroatoms. The molecule has 2 aromatic heterocycles. The van der Waals surface area contributed by atoms with E-state index in [1.807, 2.05) is 12.1 Å². The van der Waals surface area contributed by atoms with Gasteiger partial charge in [0.2, 0.25) is 5.78 Å². The topological polar surface area (TPSA) is 84.1 Å². The average molecular weight is 404 g/mol. The molecule has 3 rings (SSSR count). The van der Waals surface area contributed by atoms with Crippen molar-refractivity contribution in [1.82, 2.24) is 14.9 Å². The van der Waals surface area contributed by atoms with Crippen LogP contribution in [-0.4, -0.2) is 46.8 Å². The predicted octanol–water partition coefficient (Wildman–Crippen LogP) is 2.95. The summed E-state index contributed by atoms with van der Waals surface area (Å²) in [6.07, 6.45) is 5.47. The molecule has 132 valence electrons. The van der Waals surface area contributed by atoms with Gasteiger partial charge in [-0.25, -0.2) is 9.97 Å². The third-order valence-electron chi connectivity index (χ3n) is 4.29. The van der Waals surface area contributed by atoms with Crippen LogP contribution in [0.15, 0.2) is 34.9 Å². The highest BCUT2D eigenvalue weighted by atomic mass is 79.9. The molecule has 0 radical (unpaired) electrons. The number of piperidine rings is 1. The van der Waals surface area contributed by atoms with E-state index in [1.165, 1.54) is 32.4 Å². The lowest BCUT2D eigenvalue weighted by molar-refractivity contribution is 0.103. The number of nitrogens with one attached hydrogen (secondary N) is 1. The smallest absolute Gasteiger partial charge is 0.215 e. The second-order valence-electron chi connectivity index (χ2n) is 6.15. The SMILES string of the molecule is Nc1ncc(Br)cc1C(=O)c1cccc(NCCN2CCCCC2)n1. The van der Waals surface area contributed by atoms with E-state index in [-0.39, 0.29) is 11.6 Å². The van der Waals surface area contributed by atoms with Crippen molar-refractivity contribution >= 4 is 33.3 Å². The standard InChI is InChI=1S/C18H22BrN5O/c19-13-11-14(18(20)22-12-13)17(25)15-5-4-6-16(23-15)21-7-10-24-8-2-1-3-9-24/h4-6,11-12H,1-3,7-10H2,(H2,20,22)(H,21,23). The van der Waals surface area contributed by atoms with E-state index in [0.717, 1.165) is 13.1 Å². The molecule has 0 aromatic carbocycles. The Kier molecular flexibility index (Phi) is 5.99. The number of carbonyl (C=O) groups excluding carboxylic acids is 1. The van der Waals surface area contributed by atoms with E-state index < -0.39 is 0 Å². The summed E-state index contributed by atoms with van der Waals surface area (Å²) in [7, 11) is 0. The number of rotatable bonds is 6. The molecule has 0 saturated carbocycles. The summed E-state index contributed by atoms with van der Waals surface area (Å²) >= 11 is 3.32. The summed E-state index contributed by atoms with van der Waals surface area (Å²) in [5, 5.41) is 3.30. The predicted molar refractivity (Wildman–Crippen MR) is 103 cm³/mol. The van der Waals surface area contributed by atoms with Gasteiger partial charge in [-0.05, 0) is 60.1 Å². The summed E-state index contributed by atoms with van der Waals surface area (Å²) in [5.41, 5.74) is 6.54. The summed E-state index contributed by atoms with van der Waals surface area (Å²) in [6.45, 7) is 4.14. The van der Waals surface area contributed by atoms with E-state index in [1.54, 1.807) is 18.3 Å². The highest BCUT2D eigenvalue weighted by molar-refractivity contribution is 9.10. The molecule has 0 aliphatic carbocycles. The number of likely N-dealkylation sites (tertiary alicyclic amines) is 1. The van der Waals surface area contributed by atoms with E-state index >= 15 is 0 Å². The lowest BCUT2D eigenvalue weighted by Gasteiger charge is -2.26. The summed E-state index contributed by atoms with van der Waals surface area (Å²) in [4.78, 5) is 23.5. The number of carbonyl (C=O) groups is 1. The number of nitrogen functional groups attached to an aromatic ring is 1. The number of anilines is 2. The molecule has 1 aliphatic heterocycles. The molecule has 6 nitrogen and oxygen atoms in total. The maximum absolute atomic E-state index is 12.7. The van der Waals surface area contributed by atoms with Gasteiger partial charge in [-0.1, -0.05) is 12.5 Å². The second kappa shape index (κ2) is 8.40. The minimum atomic E-state index is -0.231. The first-order valence-corrected chi connectivity index (χ1v) is 9.32. The minimum absolute atomic E-state index is 0.207. The Hall–Kier alpha value is -1.99. The first-order chi connectivity index (χ1) is 12.1. The minimum Gasteiger partial charge on any atom is -0.383 e. The van der Waals surface area contributed by atoms with E-state index in [4.69, 9.17) is 5.73 Å². The van der Waals surface area contributed by atoms with Crippen LogP contribution in [0.5, 0.6) is 0 Å². The highest BCUT2D eigenvalue weighted by Gasteiger charge is 2.16. The van der Waals surface area contributed by atoms with Crippen LogP contribution in [0.4, 0.5) is 11.6 Å². The number of pyridine rings is 2. The zero-order valence-electron chi connectivity index (χ0n) is 14.0. The van der Waals surface area contributed by atoms with Gasteiger partial charge in [0.15, 0.2) is 0 Å². The largest absolute Gasteiger partial charge is 0.383 e. The van der Waals surface area contributed by atoms with Gasteiger partial charge in [0.25, 0.3) is 0 Å². The average Bonchev–Trinajstić information content (AvgIpc) is 2.64. The first kappa shape index (κ1) is 17.8. The normalized spacial score (nSPS) is 15.1. The Morgan fingerprint density at radius 2 is 2.08 bits per heavy atom. The number of hydrogen-bond donors (Lipinski definition) is 2. The molecular formula is C18H22BrN5O. The zero-order chi connectivity index (χ0) is 17.6. The van der Waals surface area contributed by atoms with E-state index in [0.29, 0.717) is 21.5 Å². The maximum atomic E-state index is 12.7. The van der Waals surface area contributed by atoms with Crippen molar-refractivity contribution in [3.8, 4) is 0 Å². The number of ketones is 1. The van der Waals surface area contributed by atoms with E-state index in [9.17, 15) is 4.79 Å². The Morgan fingerprint density at radius 3 is 2.88 bits per heavy atom. The quantitative estimate of drug-likeness (QED) is 0.721. The number of aromatic nitrogens is 2. The van der Waals surface area contributed by atoms with Crippen LogP contribution in [0.2, 0.25) is 0 Å². The summed E-state index contributed by atoms with van der Waals surface area (Å²) in [6, 6.07) is 7.06. The van der Waals surface area contributed by atoms with Crippen LogP contribution in [0, 0.1) is 0 Å². The van der Waals surface area contributed by atoms with Crippen LogP contribution in [0.3, 0.4) is 0 Å². The lowest BCUT2D eigenvalue weighted by atomic mass is 10.1. The third-order valence-corrected chi connectivity index (χ3v) is 4.73. The van der Waals surface area contributed by atoms with Crippen LogP contribution >= 0.6 is 15.9 Å². The molecule has 1 saturated heterocycles. The highest BCUT2D eigenvalue weighted by Crippen LogP contribution is 2.19. The molecule has 0 amide bonds. The van der Waals surface area contributed by atoms with Crippen LogP contribution in [0.25, 0.3) is 0 Å². The first-order valence-electron chi connectivity index (χ1n) is 8.52. The van der Waals surface area contributed by atoms with Gasteiger partial charge in [-0.3, -0.25) is 4.79 Å². The van der Waals surface area contributed by atoms with Crippen molar-refractivity contribution in [2.45, 2.75) is 19.3 Å². The van der Waals surface area contributed by atoms with Crippen molar-refractivity contribution in [2.75, 3.05) is 37.2 Å². The Morgan fingerprint density at radius 1 is 1.28 bits per heavy atom. The van der Waals surface area contributed by atoms with Crippen LogP contribution in [-0.2, 0) is 0 Å². The van der Waals surface area contributed by atoms with Crippen molar-refractivity contribution in [3.63, 3.8) is 0 Å². The van der Waals surface area contributed by atoms with Crippen molar-refractivity contribution in [1.29, 1.82) is 0 Å². The second-order valence-corrected chi connectivity index (χ2v) is 7.07. The molecule has 3 N–H and O–H groups in total. The molecule has 0 bridgehead atoms. The summed E-state index contributed by atoms with van der Waals surface area (Å²) in [5.74, 6) is 0.675. The molecule has 1 aliphatic rings. The van der Waals surface area contributed by atoms with Crippen LogP contribution < -0.4 is 11.1 Å². The van der Waals surface area contributed by atoms with Crippen LogP contribution in [0.1, 0.15) is 35.3 Å². The molecule has 3 heterocycles. The number of nitrogens with zero attached hydrogens (tertiary/aromatic N) is 3. The Labute approximate surface area is 156 Å². The number of nitrogens with two attached hydrogens (primary N) is 1. The molecule has 25 heavy (non-hydrogen) atoms. The fourth-order valence-corrected chi connectivity index (χ4v) is 3.29. The van der Waals surface area contributed by atoms with Crippen molar-refractivity contribution < 1.29 is 4.79 Å². The van der Waals surface area contributed by atoms with Gasteiger partial charge in [-0.2, -0.15) is 0 Å². The van der Waals surface area contributed by atoms with Gasteiger partial charge in [0.05, 0.1) is 5.56 Å². The molecular weight excluding hydrogens is 382 g/mol. The van der Waals surface area contributed by atoms with E-state index in [2.05, 4.69) is 36.1 Å². The number of halogens is 1. The fraction of sp³-hybridized carbons (Fsp3) is 0.389. The monoisotopic (exact) mass is 403 g/mol. The van der Waals surface area contributed by atoms with Gasteiger partial charge < -0.3 is 16.0 Å². The Bertz CT molecular complexity index is 746. The van der Waals surface area contributed by atoms with Crippen molar-refractivity contribution in [2.24, 2.45) is 0 Å². The van der Waals surface area contributed by atoms with Gasteiger partial charge in [0.1, 0.15) is 17.3 Å². The maximum Gasteiger partial charge on any atom is 0.215 e. The number of hydrogen-bond acceptors (Lipinski definition) is 6. The fourth-order valence-electron chi connectivity index (χ4n) is 2.95. The van der Waals surface area contributed by atoms with Gasteiger partial charge in [0, 0.05) is 23.8 Å². The molecule has 0 unspecified atom stereocenters. The lowest BCUT2D eigenvalue weighted by Crippen LogP contribution is -2.33. The Balaban J connectivity index is 1.64. The summed E-state index contributed by atoms with van der Waals surface area (Å²) < 4.78 is 0.709. The molecule has 0 atom stereocenters.